The number of rotatable bonds is 5. The lowest BCUT2D eigenvalue weighted by Gasteiger charge is -2.28. The van der Waals surface area contributed by atoms with Crippen molar-refractivity contribution in [3.63, 3.8) is 0 Å². The summed E-state index contributed by atoms with van der Waals surface area (Å²) in [6.07, 6.45) is 3.01. The van der Waals surface area contributed by atoms with Gasteiger partial charge in [0.15, 0.2) is 0 Å². The first-order chi connectivity index (χ1) is 13.1. The average molecular weight is 369 g/mol. The Labute approximate surface area is 160 Å². The van der Waals surface area contributed by atoms with E-state index in [4.69, 9.17) is 9.47 Å². The quantitative estimate of drug-likeness (QED) is 0.812. The molecule has 3 heterocycles. The summed E-state index contributed by atoms with van der Waals surface area (Å²) in [4.78, 5) is 14.7. The van der Waals surface area contributed by atoms with Gasteiger partial charge in [0.2, 0.25) is 5.91 Å². The highest BCUT2D eigenvalue weighted by atomic mass is 16.6. The number of carbonyl (C=O) groups excluding carboxylic acids is 1. The summed E-state index contributed by atoms with van der Waals surface area (Å²) in [5.41, 5.74) is 1.97. The molecule has 6 nitrogen and oxygen atoms in total. The normalized spacial score (nSPS) is 27.6. The molecular weight excluding hydrogens is 342 g/mol. The molecule has 27 heavy (non-hydrogen) atoms. The number of methoxy groups -OCH3 is 1. The topological polar surface area (TPSA) is 56.6 Å². The van der Waals surface area contributed by atoms with Crippen LogP contribution in [0, 0.1) is 6.92 Å². The minimum Gasteiger partial charge on any atom is -0.377 e. The molecule has 2 saturated heterocycles. The molecular formula is C21H27N3O3. The van der Waals surface area contributed by atoms with Crippen LogP contribution in [0.4, 0.5) is 0 Å². The number of carbonyl (C=O) groups is 1. The molecule has 144 valence electrons. The number of hydrogen-bond acceptors (Lipinski definition) is 4. The first-order valence-electron chi connectivity index (χ1n) is 9.59. The van der Waals surface area contributed by atoms with Gasteiger partial charge in [0.1, 0.15) is 11.7 Å². The molecule has 2 aromatic rings. The summed E-state index contributed by atoms with van der Waals surface area (Å²) in [7, 11) is 1.71. The smallest absolute Gasteiger partial charge is 0.224 e. The monoisotopic (exact) mass is 369 g/mol. The third-order valence-corrected chi connectivity index (χ3v) is 5.97. The number of aryl methyl sites for hydroxylation is 2. The van der Waals surface area contributed by atoms with Gasteiger partial charge >= 0.3 is 0 Å². The number of nitrogens with zero attached hydrogens (tertiary/aromatic N) is 3. The van der Waals surface area contributed by atoms with Crippen molar-refractivity contribution >= 4 is 5.91 Å². The van der Waals surface area contributed by atoms with Crippen LogP contribution in [0.2, 0.25) is 0 Å². The Morgan fingerprint density at radius 3 is 2.85 bits per heavy atom. The zero-order valence-electron chi connectivity index (χ0n) is 16.0. The van der Waals surface area contributed by atoms with Crippen LogP contribution in [0.1, 0.15) is 30.0 Å². The molecule has 0 aliphatic carbocycles. The summed E-state index contributed by atoms with van der Waals surface area (Å²) in [6.45, 7) is 4.48. The summed E-state index contributed by atoms with van der Waals surface area (Å²) in [5, 5.41) is 4.26. The summed E-state index contributed by atoms with van der Waals surface area (Å²) < 4.78 is 13.9. The van der Waals surface area contributed by atoms with Crippen molar-refractivity contribution in [1.82, 2.24) is 14.7 Å². The Kier molecular flexibility index (Phi) is 5.02. The van der Waals surface area contributed by atoms with Crippen LogP contribution in [-0.4, -0.2) is 59.1 Å². The highest BCUT2D eigenvalue weighted by Crippen LogP contribution is 2.43. The molecule has 1 aromatic carbocycles. The van der Waals surface area contributed by atoms with Gasteiger partial charge in [0.25, 0.3) is 0 Å². The van der Waals surface area contributed by atoms with Gasteiger partial charge in [-0.1, -0.05) is 30.3 Å². The van der Waals surface area contributed by atoms with E-state index in [-0.39, 0.29) is 12.0 Å². The molecule has 2 fully saturated rings. The van der Waals surface area contributed by atoms with E-state index in [1.807, 2.05) is 28.6 Å². The Morgan fingerprint density at radius 1 is 1.33 bits per heavy atom. The van der Waals surface area contributed by atoms with E-state index in [1.54, 1.807) is 13.3 Å². The minimum atomic E-state index is -0.396. The van der Waals surface area contributed by atoms with E-state index < -0.39 is 5.60 Å². The van der Waals surface area contributed by atoms with Crippen LogP contribution in [0.25, 0.3) is 0 Å². The molecule has 4 rings (SSSR count). The van der Waals surface area contributed by atoms with Gasteiger partial charge in [-0.05, 0) is 25.0 Å². The van der Waals surface area contributed by atoms with Crippen LogP contribution in [-0.2, 0) is 20.8 Å². The number of likely N-dealkylation sites (tertiary alicyclic amines) is 1. The highest BCUT2D eigenvalue weighted by molar-refractivity contribution is 5.76. The molecule has 0 N–H and O–H groups in total. The van der Waals surface area contributed by atoms with Gasteiger partial charge in [0.05, 0.1) is 13.2 Å². The second kappa shape index (κ2) is 7.44. The Balaban J connectivity index is 1.41. The van der Waals surface area contributed by atoms with Crippen LogP contribution >= 0.6 is 0 Å². The average Bonchev–Trinajstić information content (AvgIpc) is 3.40. The zero-order chi connectivity index (χ0) is 18.9. The predicted octanol–water partition coefficient (Wildman–Crippen LogP) is 2.38. The predicted molar refractivity (Wildman–Crippen MR) is 101 cm³/mol. The van der Waals surface area contributed by atoms with Crippen molar-refractivity contribution in [3.05, 3.63) is 53.9 Å². The fourth-order valence-corrected chi connectivity index (χ4v) is 4.40. The van der Waals surface area contributed by atoms with Gasteiger partial charge < -0.3 is 14.4 Å². The van der Waals surface area contributed by atoms with Crippen LogP contribution in [0.5, 0.6) is 0 Å². The molecule has 6 heteroatoms. The van der Waals surface area contributed by atoms with Crippen molar-refractivity contribution in [3.8, 4) is 0 Å². The van der Waals surface area contributed by atoms with E-state index in [0.717, 1.165) is 12.1 Å². The lowest BCUT2D eigenvalue weighted by Crippen LogP contribution is -2.42. The number of amides is 1. The maximum absolute atomic E-state index is 12.8. The number of ether oxygens (including phenoxy) is 2. The Bertz CT molecular complexity index is 791. The molecule has 1 aromatic heterocycles. The fourth-order valence-electron chi connectivity index (χ4n) is 4.40. The highest BCUT2D eigenvalue weighted by Gasteiger charge is 2.53. The summed E-state index contributed by atoms with van der Waals surface area (Å²) >= 11 is 0. The van der Waals surface area contributed by atoms with E-state index in [2.05, 4.69) is 29.4 Å². The van der Waals surface area contributed by atoms with E-state index in [0.29, 0.717) is 38.6 Å². The molecule has 0 bridgehead atoms. The number of hydrogen-bond donors (Lipinski definition) is 0. The first-order valence-corrected chi connectivity index (χ1v) is 9.59. The van der Waals surface area contributed by atoms with Gasteiger partial charge in [-0.25, -0.2) is 0 Å². The van der Waals surface area contributed by atoms with Crippen molar-refractivity contribution < 1.29 is 14.3 Å². The lowest BCUT2D eigenvalue weighted by atomic mass is 9.87. The standard InChI is InChI=1S/C21H27N3O3/c1-16-8-10-22-24(16)11-9-20(25)23-13-19(26-2)21(15-23)12-18(14-27-21)17-6-4-3-5-7-17/h3-8,10,18-19H,9,11-15H2,1-2H3/t18-,19-,21-/m1/s1. The van der Waals surface area contributed by atoms with E-state index >= 15 is 0 Å². The molecule has 0 unspecified atom stereocenters. The van der Waals surface area contributed by atoms with E-state index in [1.165, 1.54) is 5.56 Å². The van der Waals surface area contributed by atoms with Crippen molar-refractivity contribution in [1.29, 1.82) is 0 Å². The van der Waals surface area contributed by atoms with Gasteiger partial charge in [-0.2, -0.15) is 5.10 Å². The molecule has 2 aliphatic heterocycles. The Morgan fingerprint density at radius 2 is 2.15 bits per heavy atom. The second-order valence-electron chi connectivity index (χ2n) is 7.63. The molecule has 0 saturated carbocycles. The largest absolute Gasteiger partial charge is 0.377 e. The maximum atomic E-state index is 12.8. The third-order valence-electron chi connectivity index (χ3n) is 5.97. The SMILES string of the molecule is CO[C@@H]1CN(C(=O)CCn2nccc2C)C[C@]12C[C@@H](c1ccccc1)CO2. The number of benzene rings is 1. The second-order valence-corrected chi connectivity index (χ2v) is 7.63. The molecule has 1 amide bonds. The van der Waals surface area contributed by atoms with E-state index in [9.17, 15) is 4.79 Å². The fraction of sp³-hybridized carbons (Fsp3) is 0.524. The van der Waals surface area contributed by atoms with Crippen LogP contribution in [0.15, 0.2) is 42.6 Å². The third kappa shape index (κ3) is 3.51. The summed E-state index contributed by atoms with van der Waals surface area (Å²) in [6, 6.07) is 12.4. The summed E-state index contributed by atoms with van der Waals surface area (Å²) in [5.74, 6) is 0.487. The van der Waals surface area contributed by atoms with Crippen LogP contribution < -0.4 is 0 Å². The lowest BCUT2D eigenvalue weighted by molar-refractivity contribution is -0.131. The maximum Gasteiger partial charge on any atom is 0.224 e. The zero-order valence-corrected chi connectivity index (χ0v) is 16.0. The first kappa shape index (κ1) is 18.2. The van der Waals surface area contributed by atoms with Gasteiger partial charge in [-0.3, -0.25) is 9.48 Å². The van der Waals surface area contributed by atoms with Crippen LogP contribution in [0.3, 0.4) is 0 Å². The Hall–Kier alpha value is -2.18. The van der Waals surface area contributed by atoms with Crippen molar-refractivity contribution in [2.24, 2.45) is 0 Å². The molecule has 1 spiro atoms. The molecule has 0 radical (unpaired) electrons. The number of aromatic nitrogens is 2. The van der Waals surface area contributed by atoms with Crippen molar-refractivity contribution in [2.75, 3.05) is 26.8 Å². The van der Waals surface area contributed by atoms with Gasteiger partial charge in [0, 0.05) is 44.4 Å². The molecule has 3 atom stereocenters. The minimum absolute atomic E-state index is 0.0819. The van der Waals surface area contributed by atoms with Gasteiger partial charge in [-0.15, -0.1) is 0 Å². The molecule has 2 aliphatic rings. The van der Waals surface area contributed by atoms with Crippen molar-refractivity contribution in [2.45, 2.75) is 43.9 Å².